The lowest BCUT2D eigenvalue weighted by molar-refractivity contribution is -0.217. The van der Waals surface area contributed by atoms with E-state index >= 15 is 4.39 Å². The summed E-state index contributed by atoms with van der Waals surface area (Å²) in [4.78, 5) is 70.1. The summed E-state index contributed by atoms with van der Waals surface area (Å²) < 4.78 is 27.9. The van der Waals surface area contributed by atoms with Crippen LogP contribution in [0.5, 0.6) is 0 Å². The zero-order valence-corrected chi connectivity index (χ0v) is 33.2. The molecule has 0 aliphatic heterocycles. The maximum absolute atomic E-state index is 17.3. The fraction of sp³-hybridized carbons (Fsp3) is 0.467. The standard InChI is InChI=1S/C45H50FN3O9/c1-42-18-15-33(50)22-31(42)10-12-35-34-16-19-44(56,43(34,2)23-36(51)45(35,42)46)37(52)26-58-39(54)14-13-38(53)57-25-27-5-7-28(8-6-27)40(49(3)4)41(55)48-32-11-9-30-24-47-20-17-29(30)21-32/h5-9,11,15,17-18,20-22,24,34-36,40,51,56H,10,12-14,16,19,23,25-26H2,1-4H3,(H,48,55)/t34-,35-,36-,40+,42-,43-,44-,45-/m0/s1. The maximum atomic E-state index is 17.3. The molecule has 306 valence electrons. The molecule has 2 aromatic carbocycles. The summed E-state index contributed by atoms with van der Waals surface area (Å²) in [5.74, 6) is -3.75. The van der Waals surface area contributed by atoms with Gasteiger partial charge < -0.3 is 25.0 Å². The van der Waals surface area contributed by atoms with E-state index in [0.29, 0.717) is 36.1 Å². The molecule has 3 aromatic rings. The first kappa shape index (κ1) is 41.1. The van der Waals surface area contributed by atoms with Crippen molar-refractivity contribution in [3.63, 3.8) is 0 Å². The number of likely N-dealkylation sites (N-methyl/N-ethyl adjacent to an activating group) is 1. The molecular weight excluding hydrogens is 746 g/mol. The van der Waals surface area contributed by atoms with Gasteiger partial charge in [-0.15, -0.1) is 0 Å². The van der Waals surface area contributed by atoms with Gasteiger partial charge in [-0.05, 0) is 106 Å². The van der Waals surface area contributed by atoms with Crippen LogP contribution in [-0.2, 0) is 40.1 Å². The highest BCUT2D eigenvalue weighted by Crippen LogP contribution is 2.69. The van der Waals surface area contributed by atoms with Crippen molar-refractivity contribution in [3.8, 4) is 0 Å². The number of aliphatic hydroxyl groups is 2. The van der Waals surface area contributed by atoms with Crippen molar-refractivity contribution in [2.75, 3.05) is 26.0 Å². The molecule has 7 rings (SSSR count). The van der Waals surface area contributed by atoms with Gasteiger partial charge >= 0.3 is 11.9 Å². The Morgan fingerprint density at radius 3 is 2.43 bits per heavy atom. The Balaban J connectivity index is 0.884. The summed E-state index contributed by atoms with van der Waals surface area (Å²) in [6.07, 6.45) is 6.64. The molecule has 0 saturated heterocycles. The molecule has 1 heterocycles. The fourth-order valence-corrected chi connectivity index (χ4v) is 10.3. The number of halogens is 1. The molecule has 4 aliphatic rings. The Morgan fingerprint density at radius 2 is 1.71 bits per heavy atom. The second kappa shape index (κ2) is 15.6. The first-order valence-electron chi connectivity index (χ1n) is 19.8. The van der Waals surface area contributed by atoms with Crippen molar-refractivity contribution in [3.05, 3.63) is 95.9 Å². The highest BCUT2D eigenvalue weighted by molar-refractivity contribution is 6.01. The third-order valence-electron chi connectivity index (χ3n) is 13.5. The monoisotopic (exact) mass is 795 g/mol. The van der Waals surface area contributed by atoms with Gasteiger partial charge in [0.2, 0.25) is 11.7 Å². The molecule has 8 atom stereocenters. The van der Waals surface area contributed by atoms with Crippen LogP contribution in [0.4, 0.5) is 10.1 Å². The number of fused-ring (bicyclic) bond motifs is 6. The number of allylic oxidation sites excluding steroid dienone is 4. The molecule has 12 nitrogen and oxygen atoms in total. The lowest BCUT2D eigenvalue weighted by Crippen LogP contribution is -2.69. The number of nitrogens with one attached hydrogen (secondary N) is 1. The van der Waals surface area contributed by atoms with Gasteiger partial charge in [0.05, 0.1) is 18.9 Å². The van der Waals surface area contributed by atoms with Crippen molar-refractivity contribution < 1.29 is 48.0 Å². The molecule has 0 unspecified atom stereocenters. The van der Waals surface area contributed by atoms with Crippen molar-refractivity contribution >= 4 is 45.9 Å². The molecule has 58 heavy (non-hydrogen) atoms. The predicted molar refractivity (Wildman–Crippen MR) is 212 cm³/mol. The molecular formula is C45H50FN3O9. The van der Waals surface area contributed by atoms with E-state index in [9.17, 15) is 34.2 Å². The highest BCUT2D eigenvalue weighted by atomic mass is 19.1. The number of amides is 1. The first-order chi connectivity index (χ1) is 27.5. The molecule has 0 bridgehead atoms. The van der Waals surface area contributed by atoms with Crippen LogP contribution in [0, 0.1) is 22.7 Å². The van der Waals surface area contributed by atoms with Crippen LogP contribution in [0.2, 0.25) is 0 Å². The van der Waals surface area contributed by atoms with E-state index in [0.717, 1.165) is 16.3 Å². The lowest BCUT2D eigenvalue weighted by Gasteiger charge is -2.62. The average Bonchev–Trinajstić information content (AvgIpc) is 3.46. The fourth-order valence-electron chi connectivity index (χ4n) is 10.3. The number of aromatic nitrogens is 1. The van der Waals surface area contributed by atoms with Crippen LogP contribution in [0.25, 0.3) is 10.8 Å². The van der Waals surface area contributed by atoms with Gasteiger partial charge in [-0.3, -0.25) is 33.9 Å². The number of nitrogens with zero attached hydrogens (tertiary/aromatic N) is 2. The number of esters is 2. The maximum Gasteiger partial charge on any atom is 0.306 e. The van der Waals surface area contributed by atoms with Crippen molar-refractivity contribution in [1.29, 1.82) is 0 Å². The van der Waals surface area contributed by atoms with E-state index in [1.807, 2.05) is 24.3 Å². The molecule has 4 aliphatic carbocycles. The van der Waals surface area contributed by atoms with Gasteiger partial charge in [0, 0.05) is 40.2 Å². The van der Waals surface area contributed by atoms with Crippen LogP contribution in [-0.4, -0.2) is 87.6 Å². The zero-order chi connectivity index (χ0) is 41.6. The number of ether oxygens (including phenoxy) is 2. The van der Waals surface area contributed by atoms with E-state index in [2.05, 4.69) is 10.3 Å². The summed E-state index contributed by atoms with van der Waals surface area (Å²) >= 11 is 0. The van der Waals surface area contributed by atoms with Crippen LogP contribution >= 0.6 is 0 Å². The van der Waals surface area contributed by atoms with Gasteiger partial charge in [-0.1, -0.05) is 48.9 Å². The second-order valence-electron chi connectivity index (χ2n) is 16.9. The average molecular weight is 796 g/mol. The van der Waals surface area contributed by atoms with E-state index in [1.165, 1.54) is 12.2 Å². The Bertz CT molecular complexity index is 2210. The van der Waals surface area contributed by atoms with Crippen LogP contribution in [0.3, 0.4) is 0 Å². The molecule has 3 N–H and O–H groups in total. The minimum absolute atomic E-state index is 0.0253. The van der Waals surface area contributed by atoms with Gasteiger partial charge in [0.15, 0.2) is 18.1 Å². The van der Waals surface area contributed by atoms with Crippen LogP contribution < -0.4 is 5.32 Å². The number of aliphatic hydroxyl groups excluding tert-OH is 1. The summed E-state index contributed by atoms with van der Waals surface area (Å²) in [7, 11) is 3.61. The SMILES string of the molecule is CN(C)[C@@H](C(=O)Nc1ccc2cnccc2c1)c1ccc(COC(=O)CCC(=O)OCC(=O)[C@@]2(O)CC[C@H]3[C@@H]4CCC5=CC(=O)C=C[C@]5(C)[C@@]4(F)[C@@H](O)C[C@@]32C)cc1. The number of Topliss-reactive ketones (excluding diaryl/α,β-unsaturated/α-hetero) is 1. The Kier molecular flexibility index (Phi) is 11.0. The van der Waals surface area contributed by atoms with Crippen molar-refractivity contribution in [1.82, 2.24) is 9.88 Å². The molecule has 0 radical (unpaired) electrons. The Morgan fingerprint density at radius 1 is 0.983 bits per heavy atom. The Labute approximate surface area is 336 Å². The quantitative estimate of drug-likeness (QED) is 0.197. The van der Waals surface area contributed by atoms with E-state index in [-0.39, 0.29) is 44.0 Å². The minimum atomic E-state index is -2.09. The highest BCUT2D eigenvalue weighted by Gasteiger charge is 2.74. The van der Waals surface area contributed by atoms with Crippen LogP contribution in [0.1, 0.15) is 76.0 Å². The summed E-state index contributed by atoms with van der Waals surface area (Å²) in [5.41, 5.74) is -3.72. The number of alkyl halides is 1. The lowest BCUT2D eigenvalue weighted by atomic mass is 9.44. The summed E-state index contributed by atoms with van der Waals surface area (Å²) in [6.45, 7) is 2.61. The number of benzene rings is 2. The molecule has 1 aromatic heterocycles. The smallest absolute Gasteiger partial charge is 0.306 e. The largest absolute Gasteiger partial charge is 0.461 e. The molecule has 0 spiro atoms. The van der Waals surface area contributed by atoms with E-state index < -0.39 is 70.4 Å². The van der Waals surface area contributed by atoms with Crippen molar-refractivity contribution in [2.24, 2.45) is 22.7 Å². The summed E-state index contributed by atoms with van der Waals surface area (Å²) in [5, 5.41) is 28.3. The van der Waals surface area contributed by atoms with Gasteiger partial charge in [-0.25, -0.2) is 4.39 Å². The molecule has 13 heteroatoms. The number of carbonyl (C=O) groups excluding carboxylic acids is 5. The Hall–Kier alpha value is -5.11. The van der Waals surface area contributed by atoms with E-state index in [4.69, 9.17) is 9.47 Å². The molecule has 3 fully saturated rings. The van der Waals surface area contributed by atoms with Crippen LogP contribution in [0.15, 0.2) is 84.7 Å². The number of rotatable bonds is 12. The zero-order valence-electron chi connectivity index (χ0n) is 33.2. The van der Waals surface area contributed by atoms with E-state index in [1.54, 1.807) is 75.6 Å². The molecule has 3 saturated carbocycles. The predicted octanol–water partition coefficient (Wildman–Crippen LogP) is 5.51. The number of hydrogen-bond acceptors (Lipinski definition) is 11. The number of hydrogen-bond donors (Lipinski definition) is 3. The van der Waals surface area contributed by atoms with Gasteiger partial charge in [0.25, 0.3) is 0 Å². The topological polar surface area (TPSA) is 172 Å². The third-order valence-corrected chi connectivity index (χ3v) is 13.5. The van der Waals surface area contributed by atoms with Gasteiger partial charge in [0.1, 0.15) is 18.2 Å². The number of carbonyl (C=O) groups is 5. The van der Waals surface area contributed by atoms with Gasteiger partial charge in [-0.2, -0.15) is 0 Å². The number of ketones is 2. The second-order valence-corrected chi connectivity index (χ2v) is 16.9. The third kappa shape index (κ3) is 7.07. The number of pyridine rings is 1. The number of anilines is 1. The normalized spacial score (nSPS) is 30.4. The summed E-state index contributed by atoms with van der Waals surface area (Å²) in [6, 6.07) is 14.0. The molecule has 1 amide bonds. The minimum Gasteiger partial charge on any atom is -0.461 e. The van der Waals surface area contributed by atoms with Crippen molar-refractivity contribution in [2.45, 2.75) is 88.8 Å². The first-order valence-corrected chi connectivity index (χ1v) is 19.8.